The molecule has 0 spiro atoms. The molecule has 21 heavy (non-hydrogen) atoms. The highest BCUT2D eigenvalue weighted by Gasteiger charge is 2.16. The molecule has 2 N–H and O–H groups in total. The molecular formula is C15H12BrN3O2. The highest BCUT2D eigenvalue weighted by atomic mass is 79.9. The van der Waals surface area contributed by atoms with Crippen molar-refractivity contribution >= 4 is 27.6 Å². The maximum absolute atomic E-state index is 11.4. The molecule has 0 bridgehead atoms. The van der Waals surface area contributed by atoms with E-state index in [1.807, 2.05) is 18.2 Å². The summed E-state index contributed by atoms with van der Waals surface area (Å²) in [4.78, 5) is 20.5. The molecule has 0 saturated heterocycles. The summed E-state index contributed by atoms with van der Waals surface area (Å²) in [6.07, 6.45) is -0.315. The van der Waals surface area contributed by atoms with E-state index in [1.165, 1.54) is 7.11 Å². The van der Waals surface area contributed by atoms with Crippen LogP contribution in [0.4, 0.5) is 5.69 Å². The van der Waals surface area contributed by atoms with Crippen molar-refractivity contribution in [2.24, 2.45) is 9.98 Å². The van der Waals surface area contributed by atoms with Crippen LogP contribution in [0.1, 0.15) is 22.1 Å². The van der Waals surface area contributed by atoms with Gasteiger partial charge in [0.1, 0.15) is 5.36 Å². The lowest BCUT2D eigenvalue weighted by atomic mass is 10.1. The number of rotatable bonds is 2. The molecule has 0 unspecified atom stereocenters. The van der Waals surface area contributed by atoms with E-state index in [0.29, 0.717) is 11.3 Å². The van der Waals surface area contributed by atoms with Gasteiger partial charge in [-0.3, -0.25) is 9.98 Å². The number of fused-ring (bicyclic) bond motifs is 1. The third-order valence-electron chi connectivity index (χ3n) is 3.27. The second-order valence-electron chi connectivity index (χ2n) is 4.58. The normalized spacial score (nSPS) is 15.8. The Kier molecular flexibility index (Phi) is 3.47. The summed E-state index contributed by atoms with van der Waals surface area (Å²) in [6.45, 7) is 0. The second-order valence-corrected chi connectivity index (χ2v) is 5.37. The smallest absolute Gasteiger partial charge is 0.337 e. The number of carbonyl (C=O) groups is 1. The molecular weight excluding hydrogens is 334 g/mol. The molecule has 2 aromatic rings. The van der Waals surface area contributed by atoms with Gasteiger partial charge in [0.15, 0.2) is 6.17 Å². The van der Waals surface area contributed by atoms with Crippen LogP contribution in [0.3, 0.4) is 0 Å². The Labute approximate surface area is 129 Å². The lowest BCUT2D eigenvalue weighted by Gasteiger charge is -2.05. The first-order valence-corrected chi connectivity index (χ1v) is 7.07. The molecule has 0 radical (unpaired) electrons. The number of methoxy groups -OCH3 is 1. The van der Waals surface area contributed by atoms with Crippen molar-refractivity contribution in [1.29, 1.82) is 0 Å². The van der Waals surface area contributed by atoms with E-state index in [9.17, 15) is 4.79 Å². The van der Waals surface area contributed by atoms with Gasteiger partial charge in [-0.15, -0.1) is 0 Å². The lowest BCUT2D eigenvalue weighted by Crippen LogP contribution is -2.23. The number of nitrogens with two attached hydrogens (primary N) is 1. The fourth-order valence-electron chi connectivity index (χ4n) is 2.14. The Morgan fingerprint density at radius 1 is 1.19 bits per heavy atom. The SMILES string of the molecule is COC(=O)c1ccc([C@H]2N=c3ccc(N)c(Br)c3=N2)cc1. The van der Waals surface area contributed by atoms with E-state index < -0.39 is 0 Å². The summed E-state index contributed by atoms with van der Waals surface area (Å²) in [6, 6.07) is 10.7. The highest BCUT2D eigenvalue weighted by molar-refractivity contribution is 9.10. The zero-order valence-corrected chi connectivity index (χ0v) is 12.8. The summed E-state index contributed by atoms with van der Waals surface area (Å²) in [5.74, 6) is -0.361. The molecule has 3 rings (SSSR count). The fraction of sp³-hybridized carbons (Fsp3) is 0.133. The average molecular weight is 346 g/mol. The average Bonchev–Trinajstić information content (AvgIpc) is 2.95. The Balaban J connectivity index is 1.98. The quantitative estimate of drug-likeness (QED) is 0.665. The predicted molar refractivity (Wildman–Crippen MR) is 81.4 cm³/mol. The van der Waals surface area contributed by atoms with Gasteiger partial charge in [-0.25, -0.2) is 4.79 Å². The van der Waals surface area contributed by atoms with Crippen molar-refractivity contribution in [1.82, 2.24) is 0 Å². The van der Waals surface area contributed by atoms with E-state index in [4.69, 9.17) is 5.73 Å². The maximum atomic E-state index is 11.4. The number of anilines is 1. The van der Waals surface area contributed by atoms with E-state index in [2.05, 4.69) is 30.7 Å². The Bertz CT molecular complexity index is 831. The van der Waals surface area contributed by atoms with Gasteiger partial charge in [-0.2, -0.15) is 0 Å². The van der Waals surface area contributed by atoms with E-state index in [1.54, 1.807) is 18.2 Å². The van der Waals surface area contributed by atoms with Gasteiger partial charge in [0.2, 0.25) is 0 Å². The first kappa shape index (κ1) is 13.8. The van der Waals surface area contributed by atoms with E-state index in [-0.39, 0.29) is 12.1 Å². The van der Waals surface area contributed by atoms with Gasteiger partial charge in [0, 0.05) is 5.69 Å². The summed E-state index contributed by atoms with van der Waals surface area (Å²) in [7, 11) is 1.36. The number of nitrogen functional groups attached to an aromatic ring is 1. The molecule has 1 aliphatic heterocycles. The summed E-state index contributed by atoms with van der Waals surface area (Å²) < 4.78 is 5.44. The number of carbonyl (C=O) groups excluding carboxylic acids is 1. The van der Waals surface area contributed by atoms with Crippen LogP contribution >= 0.6 is 15.9 Å². The van der Waals surface area contributed by atoms with Crippen molar-refractivity contribution in [3.05, 3.63) is 62.7 Å². The number of ether oxygens (including phenoxy) is 1. The van der Waals surface area contributed by atoms with Crippen LogP contribution in [0.15, 0.2) is 50.9 Å². The van der Waals surface area contributed by atoms with Crippen LogP contribution in [-0.4, -0.2) is 13.1 Å². The molecule has 1 aliphatic rings. The van der Waals surface area contributed by atoms with Crippen molar-refractivity contribution in [3.8, 4) is 0 Å². The zero-order chi connectivity index (χ0) is 15.0. The van der Waals surface area contributed by atoms with Gasteiger partial charge >= 0.3 is 5.97 Å². The van der Waals surface area contributed by atoms with Crippen LogP contribution in [-0.2, 0) is 4.74 Å². The van der Waals surface area contributed by atoms with Crippen molar-refractivity contribution in [2.75, 3.05) is 12.8 Å². The van der Waals surface area contributed by atoms with Crippen LogP contribution in [0.2, 0.25) is 0 Å². The summed E-state index contributed by atoms with van der Waals surface area (Å²) >= 11 is 3.43. The van der Waals surface area contributed by atoms with Crippen LogP contribution < -0.4 is 16.4 Å². The molecule has 5 nitrogen and oxygen atoms in total. The minimum Gasteiger partial charge on any atom is -0.465 e. The fourth-order valence-corrected chi connectivity index (χ4v) is 2.58. The molecule has 0 aromatic heterocycles. The summed E-state index contributed by atoms with van der Waals surface area (Å²) in [5, 5.41) is 1.56. The number of esters is 1. The monoisotopic (exact) mass is 345 g/mol. The molecule has 1 heterocycles. The van der Waals surface area contributed by atoms with E-state index in [0.717, 1.165) is 20.8 Å². The number of nitrogens with zero attached hydrogens (tertiary/aromatic N) is 2. The minimum absolute atomic E-state index is 0.315. The van der Waals surface area contributed by atoms with Gasteiger partial charge in [0.05, 0.1) is 22.5 Å². The topological polar surface area (TPSA) is 77.0 Å². The molecule has 6 heteroatoms. The molecule has 1 atom stereocenters. The molecule has 0 saturated carbocycles. The van der Waals surface area contributed by atoms with Crippen LogP contribution in [0.5, 0.6) is 0 Å². The zero-order valence-electron chi connectivity index (χ0n) is 11.2. The second kappa shape index (κ2) is 5.29. The number of benzene rings is 2. The molecule has 0 amide bonds. The Morgan fingerprint density at radius 2 is 1.90 bits per heavy atom. The van der Waals surface area contributed by atoms with Crippen LogP contribution in [0.25, 0.3) is 0 Å². The van der Waals surface area contributed by atoms with Crippen LogP contribution in [0, 0.1) is 0 Å². The third kappa shape index (κ3) is 2.42. The number of halogens is 1. The molecule has 0 aliphatic carbocycles. The van der Waals surface area contributed by atoms with Crippen molar-refractivity contribution in [3.63, 3.8) is 0 Å². The van der Waals surface area contributed by atoms with Gasteiger partial charge in [-0.1, -0.05) is 12.1 Å². The number of hydrogen-bond donors (Lipinski definition) is 1. The predicted octanol–water partition coefficient (Wildman–Crippen LogP) is 1.77. The lowest BCUT2D eigenvalue weighted by molar-refractivity contribution is 0.0600. The van der Waals surface area contributed by atoms with Gasteiger partial charge in [0.25, 0.3) is 0 Å². The summed E-state index contributed by atoms with van der Waals surface area (Å²) in [5.41, 5.74) is 7.89. The highest BCUT2D eigenvalue weighted by Crippen LogP contribution is 2.22. The Hall–Kier alpha value is -2.21. The Morgan fingerprint density at radius 3 is 2.57 bits per heavy atom. The minimum atomic E-state index is -0.361. The molecule has 106 valence electrons. The van der Waals surface area contributed by atoms with Gasteiger partial charge < -0.3 is 10.5 Å². The largest absolute Gasteiger partial charge is 0.465 e. The first-order valence-electron chi connectivity index (χ1n) is 6.28. The first-order chi connectivity index (χ1) is 10.1. The van der Waals surface area contributed by atoms with Crippen molar-refractivity contribution < 1.29 is 9.53 Å². The maximum Gasteiger partial charge on any atom is 0.337 e. The number of hydrogen-bond acceptors (Lipinski definition) is 5. The van der Waals surface area contributed by atoms with E-state index >= 15 is 0 Å². The molecule has 0 fully saturated rings. The standard InChI is InChI=1S/C15H12BrN3O2/c1-21-15(20)9-4-2-8(3-5-9)14-18-11-7-6-10(17)12(16)13(11)19-14/h2-7,14H,17H2,1H3/t14-/m0/s1. The van der Waals surface area contributed by atoms with Gasteiger partial charge in [-0.05, 0) is 45.8 Å². The third-order valence-corrected chi connectivity index (χ3v) is 4.10. The molecule has 2 aromatic carbocycles. The van der Waals surface area contributed by atoms with Crippen molar-refractivity contribution in [2.45, 2.75) is 6.17 Å².